The zero-order chi connectivity index (χ0) is 20.3. The molecule has 0 aliphatic heterocycles. The fraction of sp³-hybridized carbons (Fsp3) is 0.706. The van der Waals surface area contributed by atoms with Crippen LogP contribution in [0.3, 0.4) is 0 Å². The largest absolute Gasteiger partial charge is 0.299 e. The first-order valence-corrected chi connectivity index (χ1v) is 12.7. The molecule has 7 nitrogen and oxygen atoms in total. The Kier molecular flexibility index (Phi) is 5.13. The molecule has 152 valence electrons. The van der Waals surface area contributed by atoms with Gasteiger partial charge in [0.25, 0.3) is 10.0 Å². The van der Waals surface area contributed by atoms with Gasteiger partial charge in [-0.15, -0.1) is 11.3 Å². The molecule has 0 radical (unpaired) electrons. The van der Waals surface area contributed by atoms with Crippen LogP contribution in [0.2, 0.25) is 0 Å². The van der Waals surface area contributed by atoms with Gasteiger partial charge in [0.15, 0.2) is 0 Å². The van der Waals surface area contributed by atoms with Crippen molar-refractivity contribution < 1.29 is 21.6 Å². The molecule has 1 heterocycles. The minimum atomic E-state index is -3.68. The van der Waals surface area contributed by atoms with Gasteiger partial charge in [-0.1, -0.05) is 13.8 Å². The second-order valence-electron chi connectivity index (χ2n) is 8.26. The zero-order valence-corrected chi connectivity index (χ0v) is 18.4. The summed E-state index contributed by atoms with van der Waals surface area (Å²) < 4.78 is 53.5. The summed E-state index contributed by atoms with van der Waals surface area (Å²) in [5.74, 6) is 0.122. The fourth-order valence-electron chi connectivity index (χ4n) is 4.44. The van der Waals surface area contributed by atoms with Crippen molar-refractivity contribution in [2.75, 3.05) is 19.8 Å². The van der Waals surface area contributed by atoms with Gasteiger partial charge in [-0.25, -0.2) is 25.9 Å². The lowest BCUT2D eigenvalue weighted by molar-refractivity contribution is -0.128. The first-order valence-electron chi connectivity index (χ1n) is 8.84. The third-order valence-electron chi connectivity index (χ3n) is 6.41. The van der Waals surface area contributed by atoms with Crippen molar-refractivity contribution in [1.29, 1.82) is 0 Å². The molecule has 2 aliphatic rings. The van der Waals surface area contributed by atoms with Crippen LogP contribution < -0.4 is 4.72 Å². The van der Waals surface area contributed by atoms with Crippen LogP contribution in [0.5, 0.6) is 0 Å². The number of sulfonamides is 2. The molecule has 27 heavy (non-hydrogen) atoms. The predicted molar refractivity (Wildman–Crippen MR) is 104 cm³/mol. The van der Waals surface area contributed by atoms with Crippen LogP contribution in [0.25, 0.3) is 0 Å². The van der Waals surface area contributed by atoms with Gasteiger partial charge < -0.3 is 0 Å². The van der Waals surface area contributed by atoms with E-state index in [9.17, 15) is 21.6 Å². The number of rotatable bonds is 7. The van der Waals surface area contributed by atoms with Gasteiger partial charge in [-0.05, 0) is 36.3 Å². The van der Waals surface area contributed by atoms with Crippen molar-refractivity contribution in [3.05, 3.63) is 17.0 Å². The summed E-state index contributed by atoms with van der Waals surface area (Å²) in [5, 5.41) is 0. The summed E-state index contributed by atoms with van der Waals surface area (Å²) in [6.07, 6.45) is 1.98. The summed E-state index contributed by atoms with van der Waals surface area (Å²) in [5.41, 5.74) is -1.12. The van der Waals surface area contributed by atoms with Gasteiger partial charge in [-0.3, -0.25) is 4.79 Å². The Hall–Kier alpha value is -0.810. The molecule has 2 unspecified atom stereocenters. The Labute approximate surface area is 165 Å². The van der Waals surface area contributed by atoms with Crippen LogP contribution >= 0.6 is 11.3 Å². The lowest BCUT2D eigenvalue weighted by atomic mass is 9.70. The van der Waals surface area contributed by atoms with Crippen molar-refractivity contribution in [2.45, 2.75) is 43.9 Å². The molecule has 2 bridgehead atoms. The smallest absolute Gasteiger partial charge is 0.252 e. The topological polar surface area (TPSA) is 101 Å². The molecule has 0 spiro atoms. The number of nitrogens with zero attached hydrogens (tertiary/aromatic N) is 1. The Morgan fingerprint density at radius 3 is 2.41 bits per heavy atom. The molecule has 2 atom stereocenters. The quantitative estimate of drug-likeness (QED) is 0.705. The third kappa shape index (κ3) is 3.39. The maximum absolute atomic E-state index is 12.7. The summed E-state index contributed by atoms with van der Waals surface area (Å²) in [6, 6.07) is 3.09. The lowest BCUT2D eigenvalue weighted by Crippen LogP contribution is -2.45. The van der Waals surface area contributed by atoms with Crippen LogP contribution in [0.1, 0.15) is 38.0 Å². The van der Waals surface area contributed by atoms with Crippen molar-refractivity contribution in [1.82, 2.24) is 9.03 Å². The zero-order valence-electron chi connectivity index (χ0n) is 16.0. The Bertz CT molecular complexity index is 962. The maximum atomic E-state index is 12.7. The number of fused-ring (bicyclic) bond motifs is 2. The second-order valence-corrected chi connectivity index (χ2v) is 13.6. The summed E-state index contributed by atoms with van der Waals surface area (Å²) in [4.78, 5) is 13.2. The van der Waals surface area contributed by atoms with Gasteiger partial charge in [0.2, 0.25) is 10.0 Å². The van der Waals surface area contributed by atoms with Crippen LogP contribution in [-0.4, -0.2) is 46.8 Å². The second kappa shape index (κ2) is 6.62. The van der Waals surface area contributed by atoms with Gasteiger partial charge in [-0.2, -0.15) is 0 Å². The molecule has 0 amide bonds. The lowest BCUT2D eigenvalue weighted by Gasteiger charge is -2.36. The van der Waals surface area contributed by atoms with Crippen LogP contribution in [-0.2, 0) is 31.4 Å². The highest BCUT2D eigenvalue weighted by Crippen LogP contribution is 2.64. The molecular formula is C17H26N2O5S3. The van der Waals surface area contributed by atoms with Gasteiger partial charge in [0, 0.05) is 37.4 Å². The molecule has 10 heteroatoms. The van der Waals surface area contributed by atoms with Gasteiger partial charge in [0.1, 0.15) is 9.99 Å². The van der Waals surface area contributed by atoms with E-state index < -0.39 is 25.5 Å². The number of Topliss-reactive ketones (excluding diaryl/α,β-unsaturated/α-hetero) is 1. The van der Waals surface area contributed by atoms with Gasteiger partial charge >= 0.3 is 0 Å². The standard InChI is InChI=1S/C17H26N2O5S3/c1-16(2)12-7-8-17(16,14(20)9-12)11-26(21,22)18-10-13-5-6-15(25-13)27(23,24)19(3)4/h5-6,12,18H,7-11H2,1-4H3. The number of thiophene rings is 1. The van der Waals surface area contributed by atoms with Crippen LogP contribution in [0.15, 0.2) is 16.3 Å². The Balaban J connectivity index is 1.72. The highest BCUT2D eigenvalue weighted by molar-refractivity contribution is 7.91. The number of ketones is 1. The van der Waals surface area contributed by atoms with Crippen LogP contribution in [0, 0.1) is 16.7 Å². The number of carbonyl (C=O) groups is 1. The molecule has 3 rings (SSSR count). The van der Waals surface area contributed by atoms with E-state index in [1.54, 1.807) is 6.07 Å². The summed E-state index contributed by atoms with van der Waals surface area (Å²) in [6.45, 7) is 4.02. The molecule has 2 fully saturated rings. The van der Waals surface area contributed by atoms with Crippen molar-refractivity contribution >= 4 is 37.2 Å². The highest BCUT2D eigenvalue weighted by Gasteiger charge is 2.65. The predicted octanol–water partition coefficient (Wildman–Crippen LogP) is 1.81. The highest BCUT2D eigenvalue weighted by atomic mass is 32.2. The number of hydrogen-bond acceptors (Lipinski definition) is 6. The van der Waals surface area contributed by atoms with E-state index in [1.165, 1.54) is 20.2 Å². The number of carbonyl (C=O) groups excluding carboxylic acids is 1. The van der Waals surface area contributed by atoms with E-state index in [-0.39, 0.29) is 33.6 Å². The normalized spacial score (nSPS) is 27.6. The van der Waals surface area contributed by atoms with Gasteiger partial charge in [0.05, 0.1) is 5.75 Å². The molecule has 0 saturated heterocycles. The first kappa shape index (κ1) is 20.9. The molecular weight excluding hydrogens is 408 g/mol. The SMILES string of the molecule is CN(C)S(=O)(=O)c1ccc(CNS(=O)(=O)CC23CCC(CC2=O)C3(C)C)s1. The van der Waals surface area contributed by atoms with E-state index in [2.05, 4.69) is 4.72 Å². The van der Waals surface area contributed by atoms with Crippen molar-refractivity contribution in [3.8, 4) is 0 Å². The van der Waals surface area contributed by atoms with Crippen molar-refractivity contribution in [2.24, 2.45) is 16.7 Å². The molecule has 1 aromatic heterocycles. The van der Waals surface area contributed by atoms with Crippen molar-refractivity contribution in [3.63, 3.8) is 0 Å². The number of nitrogens with one attached hydrogen (secondary N) is 1. The maximum Gasteiger partial charge on any atom is 0.252 e. The van der Waals surface area contributed by atoms with E-state index in [0.717, 1.165) is 22.1 Å². The third-order valence-corrected chi connectivity index (χ3v) is 11.2. The minimum absolute atomic E-state index is 0.0179. The molecule has 0 aromatic carbocycles. The Morgan fingerprint density at radius 2 is 1.89 bits per heavy atom. The number of hydrogen-bond donors (Lipinski definition) is 1. The first-order chi connectivity index (χ1) is 12.3. The molecule has 1 N–H and O–H groups in total. The van der Waals surface area contributed by atoms with E-state index >= 15 is 0 Å². The molecule has 2 saturated carbocycles. The summed E-state index contributed by atoms with van der Waals surface area (Å²) >= 11 is 1.04. The van der Waals surface area contributed by atoms with E-state index in [4.69, 9.17) is 0 Å². The average molecular weight is 435 g/mol. The van der Waals surface area contributed by atoms with E-state index in [1.807, 2.05) is 13.8 Å². The molecule has 2 aliphatic carbocycles. The Morgan fingerprint density at radius 1 is 1.22 bits per heavy atom. The monoisotopic (exact) mass is 434 g/mol. The molecule has 1 aromatic rings. The van der Waals surface area contributed by atoms with Crippen LogP contribution in [0.4, 0.5) is 0 Å². The fourth-order valence-corrected chi connectivity index (χ4v) is 8.80. The minimum Gasteiger partial charge on any atom is -0.299 e. The summed E-state index contributed by atoms with van der Waals surface area (Å²) in [7, 11) is -4.31. The van der Waals surface area contributed by atoms with E-state index in [0.29, 0.717) is 17.7 Å². The average Bonchev–Trinajstić information content (AvgIpc) is 3.16.